The van der Waals surface area contributed by atoms with E-state index in [4.69, 9.17) is 21.7 Å². The van der Waals surface area contributed by atoms with Crippen LogP contribution in [-0.2, 0) is 19.2 Å². The number of carboxylic acid groups (broad SMARTS) is 1. The Morgan fingerprint density at radius 1 is 1.04 bits per heavy atom. The fraction of sp³-hybridized carbons (Fsp3) is 0.714. The largest absolute Gasteiger partial charge is 0.480 e. The number of unbranched alkanes of at least 4 members (excludes halogenated alkanes) is 1. The maximum atomic E-state index is 12.0. The van der Waals surface area contributed by atoms with E-state index < -0.39 is 55.0 Å². The second-order valence-electron chi connectivity index (χ2n) is 5.49. The summed E-state index contributed by atoms with van der Waals surface area (Å²) in [4.78, 5) is 46.5. The minimum absolute atomic E-state index is 0.0613. The Labute approximate surface area is 156 Å². The van der Waals surface area contributed by atoms with Crippen molar-refractivity contribution in [3.8, 4) is 0 Å². The number of aliphatic hydroxyl groups is 1. The second kappa shape index (κ2) is 13.3. The summed E-state index contributed by atoms with van der Waals surface area (Å²) in [6.45, 7) is -0.630. The quantitative estimate of drug-likeness (QED) is 0.117. The number of rotatable bonds is 13. The normalized spacial score (nSPS) is 14.0. The van der Waals surface area contributed by atoms with Crippen molar-refractivity contribution in [2.45, 2.75) is 37.4 Å². The third kappa shape index (κ3) is 9.56. The standard InChI is InChI=1S/C14H27N5O6S/c15-4-2-1-3-9(14(24)25)18-11(21)5-17-13(23)10(7-26)19-12(22)8(16)6-20/h8-10,20,26H,1-7,15-16H2,(H,17,23)(H,18,21)(H,19,22)(H,24,25). The summed E-state index contributed by atoms with van der Waals surface area (Å²) in [5, 5.41) is 24.7. The molecule has 9 N–H and O–H groups in total. The van der Waals surface area contributed by atoms with E-state index in [0.717, 1.165) is 0 Å². The molecule has 3 unspecified atom stereocenters. The van der Waals surface area contributed by atoms with E-state index in [1.54, 1.807) is 0 Å². The summed E-state index contributed by atoms with van der Waals surface area (Å²) in [5.41, 5.74) is 10.7. The number of carbonyl (C=O) groups is 4. The van der Waals surface area contributed by atoms with E-state index in [9.17, 15) is 19.2 Å². The molecule has 150 valence electrons. The highest BCUT2D eigenvalue weighted by atomic mass is 32.1. The molecule has 0 aliphatic heterocycles. The van der Waals surface area contributed by atoms with E-state index in [-0.39, 0.29) is 12.2 Å². The van der Waals surface area contributed by atoms with Gasteiger partial charge in [0, 0.05) is 5.75 Å². The Morgan fingerprint density at radius 3 is 2.19 bits per heavy atom. The molecule has 0 radical (unpaired) electrons. The van der Waals surface area contributed by atoms with E-state index >= 15 is 0 Å². The second-order valence-corrected chi connectivity index (χ2v) is 5.86. The molecule has 26 heavy (non-hydrogen) atoms. The minimum Gasteiger partial charge on any atom is -0.480 e. The first-order chi connectivity index (χ1) is 12.3. The monoisotopic (exact) mass is 393 g/mol. The highest BCUT2D eigenvalue weighted by molar-refractivity contribution is 7.80. The van der Waals surface area contributed by atoms with Crippen molar-refractivity contribution in [3.63, 3.8) is 0 Å². The van der Waals surface area contributed by atoms with Gasteiger partial charge in [0.25, 0.3) is 0 Å². The zero-order valence-corrected chi connectivity index (χ0v) is 15.2. The number of nitrogens with one attached hydrogen (secondary N) is 3. The number of amides is 3. The van der Waals surface area contributed by atoms with Crippen LogP contribution in [0.5, 0.6) is 0 Å². The van der Waals surface area contributed by atoms with Gasteiger partial charge in [-0.1, -0.05) is 0 Å². The lowest BCUT2D eigenvalue weighted by Crippen LogP contribution is -2.54. The highest BCUT2D eigenvalue weighted by Crippen LogP contribution is 2.00. The Morgan fingerprint density at radius 2 is 1.69 bits per heavy atom. The van der Waals surface area contributed by atoms with Crippen LogP contribution >= 0.6 is 12.6 Å². The Hall–Kier alpha value is -1.89. The number of carboxylic acids is 1. The van der Waals surface area contributed by atoms with Crippen LogP contribution in [0.2, 0.25) is 0 Å². The lowest BCUT2D eigenvalue weighted by Gasteiger charge is -2.19. The van der Waals surface area contributed by atoms with Crippen LogP contribution in [0.1, 0.15) is 19.3 Å². The van der Waals surface area contributed by atoms with Gasteiger partial charge in [0.05, 0.1) is 13.2 Å². The first kappa shape index (κ1) is 24.1. The molecule has 0 aromatic rings. The molecule has 0 saturated carbocycles. The molecule has 0 spiro atoms. The predicted octanol–water partition coefficient (Wildman–Crippen LogP) is -3.46. The third-order valence-electron chi connectivity index (χ3n) is 3.35. The summed E-state index contributed by atoms with van der Waals surface area (Å²) in [5.74, 6) is -3.36. The van der Waals surface area contributed by atoms with Gasteiger partial charge in [-0.25, -0.2) is 4.79 Å². The third-order valence-corrected chi connectivity index (χ3v) is 3.72. The summed E-state index contributed by atoms with van der Waals surface area (Å²) in [6, 6.07) is -3.32. The number of nitrogens with two attached hydrogens (primary N) is 2. The van der Waals surface area contributed by atoms with Crippen LogP contribution in [0, 0.1) is 0 Å². The van der Waals surface area contributed by atoms with E-state index in [1.807, 2.05) is 0 Å². The summed E-state index contributed by atoms with van der Waals surface area (Å²) in [7, 11) is 0. The minimum atomic E-state index is -1.18. The summed E-state index contributed by atoms with van der Waals surface area (Å²) < 4.78 is 0. The van der Waals surface area contributed by atoms with Crippen molar-refractivity contribution in [1.29, 1.82) is 0 Å². The first-order valence-corrected chi connectivity index (χ1v) is 8.67. The van der Waals surface area contributed by atoms with Gasteiger partial charge in [-0.15, -0.1) is 0 Å². The lowest BCUT2D eigenvalue weighted by molar-refractivity contribution is -0.142. The van der Waals surface area contributed by atoms with Crippen molar-refractivity contribution in [2.75, 3.05) is 25.4 Å². The lowest BCUT2D eigenvalue weighted by atomic mass is 10.1. The maximum Gasteiger partial charge on any atom is 0.326 e. The topological polar surface area (TPSA) is 197 Å². The highest BCUT2D eigenvalue weighted by Gasteiger charge is 2.24. The molecule has 0 fully saturated rings. The van der Waals surface area contributed by atoms with Gasteiger partial charge in [0.2, 0.25) is 17.7 Å². The van der Waals surface area contributed by atoms with Gasteiger partial charge < -0.3 is 37.6 Å². The Kier molecular flexibility index (Phi) is 12.4. The zero-order chi connectivity index (χ0) is 20.1. The molecule has 0 aliphatic rings. The van der Waals surface area contributed by atoms with Crippen LogP contribution in [0.4, 0.5) is 0 Å². The van der Waals surface area contributed by atoms with Gasteiger partial charge in [0.1, 0.15) is 18.1 Å². The number of hydrogen-bond acceptors (Lipinski definition) is 8. The van der Waals surface area contributed by atoms with Crippen LogP contribution in [0.25, 0.3) is 0 Å². The molecule has 3 atom stereocenters. The molecule has 12 heteroatoms. The average molecular weight is 393 g/mol. The molecule has 3 amide bonds. The molecule has 0 rings (SSSR count). The van der Waals surface area contributed by atoms with Gasteiger partial charge in [-0.2, -0.15) is 12.6 Å². The Bertz CT molecular complexity index is 492. The number of carbonyl (C=O) groups excluding carboxylic acids is 3. The molecule has 11 nitrogen and oxygen atoms in total. The van der Waals surface area contributed by atoms with Crippen molar-refractivity contribution >= 4 is 36.3 Å². The number of hydrogen-bond donors (Lipinski definition) is 8. The summed E-state index contributed by atoms with van der Waals surface area (Å²) in [6.07, 6.45) is 1.40. The molecular weight excluding hydrogens is 366 g/mol. The van der Waals surface area contributed by atoms with Crippen molar-refractivity contribution < 1.29 is 29.4 Å². The Balaban J connectivity index is 4.46. The van der Waals surface area contributed by atoms with Gasteiger partial charge in [-0.05, 0) is 25.8 Å². The van der Waals surface area contributed by atoms with E-state index in [2.05, 4.69) is 28.6 Å². The van der Waals surface area contributed by atoms with Gasteiger partial charge in [0.15, 0.2) is 0 Å². The van der Waals surface area contributed by atoms with E-state index in [0.29, 0.717) is 19.4 Å². The zero-order valence-electron chi connectivity index (χ0n) is 14.3. The van der Waals surface area contributed by atoms with Crippen LogP contribution in [0.15, 0.2) is 0 Å². The molecule has 0 aromatic heterocycles. The first-order valence-electron chi connectivity index (χ1n) is 8.04. The molecular formula is C14H27N5O6S. The molecule has 0 bridgehead atoms. The fourth-order valence-electron chi connectivity index (χ4n) is 1.84. The molecule has 0 aliphatic carbocycles. The van der Waals surface area contributed by atoms with Crippen molar-refractivity contribution in [2.24, 2.45) is 11.5 Å². The van der Waals surface area contributed by atoms with Crippen molar-refractivity contribution in [1.82, 2.24) is 16.0 Å². The summed E-state index contributed by atoms with van der Waals surface area (Å²) >= 11 is 3.93. The van der Waals surface area contributed by atoms with E-state index in [1.165, 1.54) is 0 Å². The molecule has 0 saturated heterocycles. The smallest absolute Gasteiger partial charge is 0.326 e. The van der Waals surface area contributed by atoms with Crippen LogP contribution in [-0.4, -0.2) is 77.5 Å². The van der Waals surface area contributed by atoms with Crippen molar-refractivity contribution in [3.05, 3.63) is 0 Å². The SMILES string of the molecule is NCCCCC(NC(=O)CNC(=O)C(CS)NC(=O)C(N)CO)C(=O)O. The van der Waals surface area contributed by atoms with Gasteiger partial charge in [-0.3, -0.25) is 14.4 Å². The molecule has 0 aromatic carbocycles. The average Bonchev–Trinajstić information content (AvgIpc) is 2.62. The number of aliphatic carboxylic acids is 1. The van der Waals surface area contributed by atoms with Crippen LogP contribution < -0.4 is 27.4 Å². The number of aliphatic hydroxyl groups excluding tert-OH is 1. The predicted molar refractivity (Wildman–Crippen MR) is 96.3 cm³/mol. The fourth-order valence-corrected chi connectivity index (χ4v) is 2.10. The van der Waals surface area contributed by atoms with Crippen LogP contribution in [0.3, 0.4) is 0 Å². The van der Waals surface area contributed by atoms with Gasteiger partial charge >= 0.3 is 5.97 Å². The molecule has 0 heterocycles. The number of thiol groups is 1. The maximum absolute atomic E-state index is 12.0.